The van der Waals surface area contributed by atoms with Crippen molar-refractivity contribution >= 4 is 22.6 Å². The van der Waals surface area contributed by atoms with E-state index in [1.165, 1.54) is 32.1 Å². The molecule has 17 heavy (non-hydrogen) atoms. The third-order valence-electron chi connectivity index (χ3n) is 3.56. The Morgan fingerprint density at radius 3 is 2.88 bits per heavy atom. The summed E-state index contributed by atoms with van der Waals surface area (Å²) in [7, 11) is 1.93. The average Bonchev–Trinajstić information content (AvgIpc) is 2.89. The first kappa shape index (κ1) is 11.1. The lowest BCUT2D eigenvalue weighted by Crippen LogP contribution is -2.29. The van der Waals surface area contributed by atoms with Crippen LogP contribution in [0.3, 0.4) is 0 Å². The van der Waals surface area contributed by atoms with Crippen LogP contribution < -0.4 is 5.32 Å². The molecule has 4 nitrogen and oxygen atoms in total. The van der Waals surface area contributed by atoms with Gasteiger partial charge in [0.25, 0.3) is 0 Å². The Morgan fingerprint density at radius 1 is 1.35 bits per heavy atom. The summed E-state index contributed by atoms with van der Waals surface area (Å²) in [6, 6.07) is 0. The van der Waals surface area contributed by atoms with E-state index in [0.717, 1.165) is 16.6 Å². The summed E-state index contributed by atoms with van der Waals surface area (Å²) >= 11 is 1.85. The molecule has 0 amide bonds. The number of thioether (sulfide) groups is 1. The number of nitrogens with zero attached hydrogens (tertiary/aromatic N) is 3. The van der Waals surface area contributed by atoms with Gasteiger partial charge in [-0.25, -0.2) is 0 Å². The zero-order valence-corrected chi connectivity index (χ0v) is 11.0. The predicted octanol–water partition coefficient (Wildman–Crippen LogP) is 2.64. The van der Waals surface area contributed by atoms with Gasteiger partial charge in [0.15, 0.2) is 5.17 Å². The van der Waals surface area contributed by atoms with E-state index in [1.807, 2.05) is 31.2 Å². The molecule has 0 unspecified atom stereocenters. The molecule has 1 saturated carbocycles. The van der Waals surface area contributed by atoms with Crippen LogP contribution >= 0.6 is 11.8 Å². The number of hydrogen-bond acceptors (Lipinski definition) is 4. The van der Waals surface area contributed by atoms with Crippen molar-refractivity contribution < 1.29 is 0 Å². The standard InChI is InChI=1S/C12H18N4S/c1-16-8-10(7-13-16)14-11-15-12(9-17-11)5-3-2-4-6-12/h7-8H,2-6,9H2,1H3,(H,14,15). The van der Waals surface area contributed by atoms with Crippen molar-refractivity contribution in [2.45, 2.75) is 37.6 Å². The van der Waals surface area contributed by atoms with Gasteiger partial charge >= 0.3 is 0 Å². The Kier molecular flexibility index (Phi) is 2.86. The second-order valence-corrected chi connectivity index (χ2v) is 5.98. The van der Waals surface area contributed by atoms with E-state index in [-0.39, 0.29) is 5.54 Å². The van der Waals surface area contributed by atoms with Gasteiger partial charge in [-0.05, 0) is 12.8 Å². The Labute approximate surface area is 106 Å². The van der Waals surface area contributed by atoms with Crippen LogP contribution in [0.5, 0.6) is 0 Å². The van der Waals surface area contributed by atoms with Crippen LogP contribution in [0.2, 0.25) is 0 Å². The summed E-state index contributed by atoms with van der Waals surface area (Å²) in [5.74, 6) is 1.15. The maximum Gasteiger partial charge on any atom is 0.161 e. The average molecular weight is 250 g/mol. The zero-order valence-electron chi connectivity index (χ0n) is 10.1. The van der Waals surface area contributed by atoms with Crippen molar-refractivity contribution in [2.24, 2.45) is 12.0 Å². The van der Waals surface area contributed by atoms with Crippen molar-refractivity contribution in [1.82, 2.24) is 9.78 Å². The summed E-state index contributed by atoms with van der Waals surface area (Å²) in [5, 5.41) is 8.58. The minimum atomic E-state index is 0.244. The lowest BCUT2D eigenvalue weighted by atomic mass is 9.84. The van der Waals surface area contributed by atoms with Crippen LogP contribution in [0.4, 0.5) is 5.69 Å². The molecule has 1 fully saturated rings. The van der Waals surface area contributed by atoms with Crippen LogP contribution in [0.25, 0.3) is 0 Å². The molecule has 2 heterocycles. The number of aryl methyl sites for hydroxylation is 1. The normalized spacial score (nSPS) is 22.8. The molecular weight excluding hydrogens is 232 g/mol. The second-order valence-electron chi connectivity index (χ2n) is 5.02. The van der Waals surface area contributed by atoms with E-state index in [0.29, 0.717) is 0 Å². The molecule has 0 radical (unpaired) electrons. The molecule has 1 aliphatic heterocycles. The van der Waals surface area contributed by atoms with E-state index in [2.05, 4.69) is 10.4 Å². The monoisotopic (exact) mass is 250 g/mol. The van der Waals surface area contributed by atoms with Crippen molar-refractivity contribution in [3.63, 3.8) is 0 Å². The fourth-order valence-electron chi connectivity index (χ4n) is 2.62. The van der Waals surface area contributed by atoms with Gasteiger partial charge in [-0.15, -0.1) is 0 Å². The van der Waals surface area contributed by atoms with Gasteiger partial charge in [-0.3, -0.25) is 9.67 Å². The van der Waals surface area contributed by atoms with Crippen LogP contribution in [-0.4, -0.2) is 26.2 Å². The van der Waals surface area contributed by atoms with Crippen LogP contribution in [0, 0.1) is 0 Å². The lowest BCUT2D eigenvalue weighted by Gasteiger charge is -2.29. The molecule has 1 aromatic rings. The van der Waals surface area contributed by atoms with Gasteiger partial charge in [-0.1, -0.05) is 31.0 Å². The van der Waals surface area contributed by atoms with E-state index in [1.54, 1.807) is 4.68 Å². The molecule has 1 spiro atoms. The highest BCUT2D eigenvalue weighted by atomic mass is 32.2. The summed E-state index contributed by atoms with van der Waals surface area (Å²) in [6.07, 6.45) is 10.4. The highest BCUT2D eigenvalue weighted by molar-refractivity contribution is 8.14. The van der Waals surface area contributed by atoms with Crippen LogP contribution in [0.1, 0.15) is 32.1 Å². The van der Waals surface area contributed by atoms with Crippen LogP contribution in [-0.2, 0) is 7.05 Å². The highest BCUT2D eigenvalue weighted by Crippen LogP contribution is 2.39. The van der Waals surface area contributed by atoms with Crippen molar-refractivity contribution in [2.75, 3.05) is 11.1 Å². The molecule has 0 bridgehead atoms. The molecular formula is C12H18N4S. The second kappa shape index (κ2) is 4.37. The third kappa shape index (κ3) is 2.34. The minimum Gasteiger partial charge on any atom is -0.332 e. The number of aliphatic imine (C=N–C) groups is 1. The summed E-state index contributed by atoms with van der Waals surface area (Å²) in [4.78, 5) is 4.92. The zero-order chi connectivity index (χ0) is 11.7. The fraction of sp³-hybridized carbons (Fsp3) is 0.667. The molecule has 2 aliphatic rings. The first-order valence-electron chi connectivity index (χ1n) is 6.24. The number of amidine groups is 1. The number of hydrogen-bond donors (Lipinski definition) is 1. The van der Waals surface area contributed by atoms with E-state index in [9.17, 15) is 0 Å². The number of anilines is 1. The lowest BCUT2D eigenvalue weighted by molar-refractivity contribution is 0.335. The first-order chi connectivity index (χ1) is 8.26. The molecule has 3 rings (SSSR count). The van der Waals surface area contributed by atoms with Gasteiger partial charge in [0, 0.05) is 19.0 Å². The van der Waals surface area contributed by atoms with E-state index >= 15 is 0 Å². The SMILES string of the molecule is Cn1cc(NC2=NC3(CCCCC3)CS2)cn1. The quantitative estimate of drug-likeness (QED) is 0.833. The third-order valence-corrected chi connectivity index (χ3v) is 4.71. The van der Waals surface area contributed by atoms with Gasteiger partial charge < -0.3 is 5.32 Å². The molecule has 1 aromatic heterocycles. The Morgan fingerprint density at radius 2 is 2.18 bits per heavy atom. The van der Waals surface area contributed by atoms with Gasteiger partial charge in [0.05, 0.1) is 17.4 Å². The maximum absolute atomic E-state index is 4.92. The molecule has 0 atom stereocenters. The van der Waals surface area contributed by atoms with Gasteiger partial charge in [-0.2, -0.15) is 5.10 Å². The van der Waals surface area contributed by atoms with Gasteiger partial charge in [0.2, 0.25) is 0 Å². The van der Waals surface area contributed by atoms with Gasteiger partial charge in [0.1, 0.15) is 0 Å². The molecule has 5 heteroatoms. The smallest absolute Gasteiger partial charge is 0.161 e. The summed E-state index contributed by atoms with van der Waals surface area (Å²) < 4.78 is 1.80. The van der Waals surface area contributed by atoms with Crippen molar-refractivity contribution in [3.05, 3.63) is 12.4 Å². The minimum absolute atomic E-state index is 0.244. The topological polar surface area (TPSA) is 42.2 Å². The Bertz CT molecular complexity index is 431. The Balaban J connectivity index is 1.70. The predicted molar refractivity (Wildman–Crippen MR) is 72.5 cm³/mol. The fourth-order valence-corrected chi connectivity index (χ4v) is 3.83. The number of rotatable bonds is 1. The van der Waals surface area contributed by atoms with E-state index in [4.69, 9.17) is 4.99 Å². The number of nitrogens with one attached hydrogen (secondary N) is 1. The van der Waals surface area contributed by atoms with E-state index < -0.39 is 0 Å². The van der Waals surface area contributed by atoms with Crippen molar-refractivity contribution in [3.8, 4) is 0 Å². The van der Waals surface area contributed by atoms with Crippen LogP contribution in [0.15, 0.2) is 17.4 Å². The summed E-state index contributed by atoms with van der Waals surface area (Å²) in [5.41, 5.74) is 1.28. The molecule has 0 saturated heterocycles. The first-order valence-corrected chi connectivity index (χ1v) is 7.23. The summed E-state index contributed by atoms with van der Waals surface area (Å²) in [6.45, 7) is 0. The maximum atomic E-state index is 4.92. The highest BCUT2D eigenvalue weighted by Gasteiger charge is 2.36. The van der Waals surface area contributed by atoms with Crippen molar-refractivity contribution in [1.29, 1.82) is 0 Å². The number of aromatic nitrogens is 2. The molecule has 0 aromatic carbocycles. The molecule has 1 N–H and O–H groups in total. The molecule has 92 valence electrons. The Hall–Kier alpha value is -0.970. The molecule has 1 aliphatic carbocycles. The largest absolute Gasteiger partial charge is 0.332 e.